The summed E-state index contributed by atoms with van der Waals surface area (Å²) in [6.07, 6.45) is 3.38. The maximum Gasteiger partial charge on any atom is -0.00217 e. The second-order valence-corrected chi connectivity index (χ2v) is 4.26. The van der Waals surface area contributed by atoms with Gasteiger partial charge in [-0.1, -0.05) is 24.3 Å². The predicted molar refractivity (Wildman–Crippen MR) is 66.1 cm³/mol. The van der Waals surface area contributed by atoms with Crippen LogP contribution in [0.25, 0.3) is 0 Å². The molecule has 0 amide bonds. The number of nitrogens with zero attached hydrogens (tertiary/aromatic N) is 1. The van der Waals surface area contributed by atoms with Gasteiger partial charge in [0.25, 0.3) is 0 Å². The molecule has 0 atom stereocenters. The zero-order valence-electron chi connectivity index (χ0n) is 9.87. The number of benzene rings is 1. The van der Waals surface area contributed by atoms with E-state index in [4.69, 9.17) is 5.73 Å². The molecule has 0 bridgehead atoms. The van der Waals surface area contributed by atoms with Crippen LogP contribution in [0.4, 0.5) is 0 Å². The molecule has 2 nitrogen and oxygen atoms in total. The van der Waals surface area contributed by atoms with Gasteiger partial charge in [-0.25, -0.2) is 0 Å². The van der Waals surface area contributed by atoms with E-state index < -0.39 is 0 Å². The molecule has 0 spiro atoms. The van der Waals surface area contributed by atoms with E-state index in [1.54, 1.807) is 0 Å². The van der Waals surface area contributed by atoms with Gasteiger partial charge in [0.1, 0.15) is 0 Å². The fraction of sp³-hybridized carbons (Fsp3) is 0.538. The highest BCUT2D eigenvalue weighted by atomic mass is 15.0. The largest absolute Gasteiger partial charge is 0.330 e. The van der Waals surface area contributed by atoms with Crippen LogP contribution in [0.2, 0.25) is 0 Å². The van der Waals surface area contributed by atoms with Crippen molar-refractivity contribution in [2.75, 3.05) is 27.2 Å². The summed E-state index contributed by atoms with van der Waals surface area (Å²) in [6, 6.07) is 8.83. The molecule has 0 aliphatic heterocycles. The van der Waals surface area contributed by atoms with Crippen molar-refractivity contribution >= 4 is 0 Å². The van der Waals surface area contributed by atoms with Gasteiger partial charge in [-0.15, -0.1) is 0 Å². The molecule has 0 aliphatic carbocycles. The SMILES string of the molecule is CN(C)CCCc1ccc(CCN)cc1. The topological polar surface area (TPSA) is 29.3 Å². The van der Waals surface area contributed by atoms with Crippen LogP contribution >= 0.6 is 0 Å². The van der Waals surface area contributed by atoms with Crippen LogP contribution in [-0.4, -0.2) is 32.1 Å². The van der Waals surface area contributed by atoms with Gasteiger partial charge in [-0.3, -0.25) is 0 Å². The summed E-state index contributed by atoms with van der Waals surface area (Å²) >= 11 is 0. The van der Waals surface area contributed by atoms with E-state index in [0.717, 1.165) is 19.5 Å². The summed E-state index contributed by atoms with van der Waals surface area (Å²) in [5.74, 6) is 0. The predicted octanol–water partition coefficient (Wildman–Crippen LogP) is 1.68. The van der Waals surface area contributed by atoms with Crippen molar-refractivity contribution in [3.8, 4) is 0 Å². The molecule has 0 saturated carbocycles. The van der Waals surface area contributed by atoms with Crippen LogP contribution in [0.5, 0.6) is 0 Å². The van der Waals surface area contributed by atoms with Crippen molar-refractivity contribution in [1.82, 2.24) is 4.90 Å². The fourth-order valence-electron chi connectivity index (χ4n) is 1.64. The number of aryl methyl sites for hydroxylation is 1. The highest BCUT2D eigenvalue weighted by molar-refractivity contribution is 5.22. The average molecular weight is 206 g/mol. The summed E-state index contributed by atoms with van der Waals surface area (Å²) in [4.78, 5) is 2.22. The summed E-state index contributed by atoms with van der Waals surface area (Å²) in [6.45, 7) is 1.89. The third-order valence-corrected chi connectivity index (χ3v) is 2.53. The van der Waals surface area contributed by atoms with Crippen molar-refractivity contribution < 1.29 is 0 Å². The summed E-state index contributed by atoms with van der Waals surface area (Å²) < 4.78 is 0. The lowest BCUT2D eigenvalue weighted by molar-refractivity contribution is 0.400. The number of hydrogen-bond donors (Lipinski definition) is 1. The quantitative estimate of drug-likeness (QED) is 0.767. The number of rotatable bonds is 6. The zero-order valence-corrected chi connectivity index (χ0v) is 9.87. The van der Waals surface area contributed by atoms with Gasteiger partial charge in [0.2, 0.25) is 0 Å². The Hall–Kier alpha value is -0.860. The molecule has 0 radical (unpaired) electrons. The van der Waals surface area contributed by atoms with Crippen LogP contribution in [0.1, 0.15) is 17.5 Å². The van der Waals surface area contributed by atoms with Crippen molar-refractivity contribution in [2.24, 2.45) is 5.73 Å². The fourth-order valence-corrected chi connectivity index (χ4v) is 1.64. The van der Waals surface area contributed by atoms with E-state index in [9.17, 15) is 0 Å². The van der Waals surface area contributed by atoms with Crippen LogP contribution in [0.3, 0.4) is 0 Å². The van der Waals surface area contributed by atoms with Gasteiger partial charge >= 0.3 is 0 Å². The van der Waals surface area contributed by atoms with E-state index >= 15 is 0 Å². The molecule has 0 saturated heterocycles. The smallest absolute Gasteiger partial charge is 0.00217 e. The first-order chi connectivity index (χ1) is 7.22. The first-order valence-electron chi connectivity index (χ1n) is 5.65. The van der Waals surface area contributed by atoms with Crippen molar-refractivity contribution in [1.29, 1.82) is 0 Å². The van der Waals surface area contributed by atoms with Crippen LogP contribution < -0.4 is 5.73 Å². The van der Waals surface area contributed by atoms with E-state index in [0.29, 0.717) is 0 Å². The normalized spacial score (nSPS) is 10.9. The van der Waals surface area contributed by atoms with Crippen molar-refractivity contribution in [2.45, 2.75) is 19.3 Å². The Morgan fingerprint density at radius 2 is 1.53 bits per heavy atom. The monoisotopic (exact) mass is 206 g/mol. The molecule has 0 fully saturated rings. The lowest BCUT2D eigenvalue weighted by Crippen LogP contribution is -2.13. The molecule has 0 aliphatic rings. The Labute approximate surface area is 93.1 Å². The van der Waals surface area contributed by atoms with Gasteiger partial charge < -0.3 is 10.6 Å². The maximum atomic E-state index is 5.51. The van der Waals surface area contributed by atoms with Gasteiger partial charge in [-0.05, 0) is 57.6 Å². The van der Waals surface area contributed by atoms with Gasteiger partial charge in [-0.2, -0.15) is 0 Å². The Balaban J connectivity index is 2.36. The Bertz CT molecular complexity index is 264. The Morgan fingerprint density at radius 1 is 1.00 bits per heavy atom. The van der Waals surface area contributed by atoms with Crippen molar-refractivity contribution in [3.63, 3.8) is 0 Å². The maximum absolute atomic E-state index is 5.51. The minimum absolute atomic E-state index is 0.736. The highest BCUT2D eigenvalue weighted by Crippen LogP contribution is 2.07. The second kappa shape index (κ2) is 6.59. The molecule has 84 valence electrons. The molecular weight excluding hydrogens is 184 g/mol. The molecule has 2 heteroatoms. The van der Waals surface area contributed by atoms with E-state index in [2.05, 4.69) is 43.3 Å². The second-order valence-electron chi connectivity index (χ2n) is 4.26. The van der Waals surface area contributed by atoms with E-state index in [-0.39, 0.29) is 0 Å². The van der Waals surface area contributed by atoms with Crippen LogP contribution in [-0.2, 0) is 12.8 Å². The van der Waals surface area contributed by atoms with Crippen LogP contribution in [0, 0.1) is 0 Å². The summed E-state index contributed by atoms with van der Waals surface area (Å²) in [5.41, 5.74) is 8.28. The first-order valence-corrected chi connectivity index (χ1v) is 5.65. The molecule has 1 rings (SSSR count). The Morgan fingerprint density at radius 3 is 2.00 bits per heavy atom. The lowest BCUT2D eigenvalue weighted by Gasteiger charge is -2.09. The molecule has 15 heavy (non-hydrogen) atoms. The minimum Gasteiger partial charge on any atom is -0.330 e. The highest BCUT2D eigenvalue weighted by Gasteiger charge is 1.95. The zero-order chi connectivity index (χ0) is 11.1. The third-order valence-electron chi connectivity index (χ3n) is 2.53. The Kier molecular flexibility index (Phi) is 5.37. The lowest BCUT2D eigenvalue weighted by atomic mass is 10.1. The molecule has 1 aromatic carbocycles. The summed E-state index contributed by atoms with van der Waals surface area (Å²) in [5, 5.41) is 0. The van der Waals surface area contributed by atoms with E-state index in [1.165, 1.54) is 24.0 Å². The number of nitrogens with two attached hydrogens (primary N) is 1. The number of hydrogen-bond acceptors (Lipinski definition) is 2. The van der Waals surface area contributed by atoms with Gasteiger partial charge in [0.05, 0.1) is 0 Å². The molecule has 0 aromatic heterocycles. The van der Waals surface area contributed by atoms with Gasteiger partial charge in [0.15, 0.2) is 0 Å². The molecule has 0 unspecified atom stereocenters. The minimum atomic E-state index is 0.736. The summed E-state index contributed by atoms with van der Waals surface area (Å²) in [7, 11) is 4.23. The average Bonchev–Trinajstić information content (AvgIpc) is 2.20. The van der Waals surface area contributed by atoms with Gasteiger partial charge in [0, 0.05) is 0 Å². The standard InChI is InChI=1S/C13H22N2/c1-15(2)11-3-4-12-5-7-13(8-6-12)9-10-14/h5-8H,3-4,9-11,14H2,1-2H3. The van der Waals surface area contributed by atoms with Crippen molar-refractivity contribution in [3.05, 3.63) is 35.4 Å². The molecule has 0 heterocycles. The molecule has 2 N–H and O–H groups in total. The third kappa shape index (κ3) is 4.96. The molecule has 1 aromatic rings. The molecular formula is C13H22N2. The van der Waals surface area contributed by atoms with Crippen LogP contribution in [0.15, 0.2) is 24.3 Å². The van der Waals surface area contributed by atoms with E-state index in [1.807, 2.05) is 0 Å². The first kappa shape index (κ1) is 12.2.